The van der Waals surface area contributed by atoms with Crippen molar-refractivity contribution in [1.29, 1.82) is 0 Å². The Morgan fingerprint density at radius 1 is 1.50 bits per heavy atom. The summed E-state index contributed by atoms with van der Waals surface area (Å²) in [6.45, 7) is 5.62. The highest BCUT2D eigenvalue weighted by Gasteiger charge is 2.24. The third-order valence-electron chi connectivity index (χ3n) is 3.02. The van der Waals surface area contributed by atoms with E-state index in [0.717, 1.165) is 13.0 Å². The first-order valence-corrected chi connectivity index (χ1v) is 6.55. The quantitative estimate of drug-likeness (QED) is 0.474. The molecule has 1 N–H and O–H groups in total. The van der Waals surface area contributed by atoms with E-state index in [0.29, 0.717) is 24.6 Å². The summed E-state index contributed by atoms with van der Waals surface area (Å²) in [5.74, 6) is 0.487. The van der Waals surface area contributed by atoms with Gasteiger partial charge < -0.3 is 9.88 Å². The molecule has 0 aliphatic rings. The van der Waals surface area contributed by atoms with Gasteiger partial charge in [-0.25, -0.2) is 9.67 Å². The van der Waals surface area contributed by atoms with E-state index >= 15 is 0 Å². The van der Waals surface area contributed by atoms with E-state index in [4.69, 9.17) is 0 Å². The average molecular weight is 278 g/mol. The van der Waals surface area contributed by atoms with Gasteiger partial charge in [-0.15, -0.1) is 0 Å². The second-order valence-corrected chi connectivity index (χ2v) is 4.44. The first-order valence-electron chi connectivity index (χ1n) is 6.55. The number of rotatable bonds is 7. The minimum atomic E-state index is -0.382. The van der Waals surface area contributed by atoms with Gasteiger partial charge in [-0.05, 0) is 20.3 Å². The van der Waals surface area contributed by atoms with Crippen molar-refractivity contribution in [3.05, 3.63) is 34.5 Å². The molecule has 0 amide bonds. The molecule has 8 heteroatoms. The monoisotopic (exact) mass is 278 g/mol. The molecule has 2 aromatic heterocycles. The van der Waals surface area contributed by atoms with Crippen LogP contribution in [-0.2, 0) is 13.1 Å². The Hall–Kier alpha value is -2.38. The van der Waals surface area contributed by atoms with Crippen LogP contribution in [0.3, 0.4) is 0 Å². The lowest BCUT2D eigenvalue weighted by Crippen LogP contribution is -2.11. The van der Waals surface area contributed by atoms with E-state index in [2.05, 4.69) is 15.4 Å². The molecule has 8 nitrogen and oxygen atoms in total. The second-order valence-electron chi connectivity index (χ2n) is 4.44. The van der Waals surface area contributed by atoms with Crippen LogP contribution in [0.5, 0.6) is 0 Å². The number of nitro groups is 1. The number of aryl methyl sites for hydroxylation is 3. The Balaban J connectivity index is 1.99. The van der Waals surface area contributed by atoms with Crippen LogP contribution in [0.25, 0.3) is 0 Å². The summed E-state index contributed by atoms with van der Waals surface area (Å²) in [5.41, 5.74) is 0.503. The van der Waals surface area contributed by atoms with E-state index in [-0.39, 0.29) is 10.6 Å². The molecular formula is C12H18N6O2. The SMILES string of the molecule is CCn1nc(C)c([N+](=O)[O-])c1NCCCn1ccnc1. The Kier molecular flexibility index (Phi) is 4.34. The summed E-state index contributed by atoms with van der Waals surface area (Å²) in [6, 6.07) is 0. The molecular weight excluding hydrogens is 260 g/mol. The smallest absolute Gasteiger partial charge is 0.333 e. The Labute approximate surface area is 116 Å². The number of aromatic nitrogens is 4. The van der Waals surface area contributed by atoms with Gasteiger partial charge in [-0.2, -0.15) is 5.10 Å². The maximum Gasteiger partial charge on any atom is 0.333 e. The Morgan fingerprint density at radius 2 is 2.30 bits per heavy atom. The first-order chi connectivity index (χ1) is 9.63. The van der Waals surface area contributed by atoms with Crippen LogP contribution in [-0.4, -0.2) is 30.8 Å². The fraction of sp³-hybridized carbons (Fsp3) is 0.500. The lowest BCUT2D eigenvalue weighted by molar-refractivity contribution is -0.384. The average Bonchev–Trinajstić information content (AvgIpc) is 3.01. The number of nitrogens with one attached hydrogen (secondary N) is 1. The van der Waals surface area contributed by atoms with E-state index in [1.165, 1.54) is 0 Å². The summed E-state index contributed by atoms with van der Waals surface area (Å²) >= 11 is 0. The molecule has 0 saturated carbocycles. The Morgan fingerprint density at radius 3 is 2.90 bits per heavy atom. The molecule has 0 aromatic carbocycles. The number of hydrogen-bond donors (Lipinski definition) is 1. The van der Waals surface area contributed by atoms with E-state index in [1.807, 2.05) is 17.7 Å². The molecule has 0 atom stereocenters. The lowest BCUT2D eigenvalue weighted by Gasteiger charge is -2.07. The fourth-order valence-corrected chi connectivity index (χ4v) is 2.08. The van der Waals surface area contributed by atoms with Gasteiger partial charge >= 0.3 is 5.69 Å². The molecule has 0 aliphatic carbocycles. The molecule has 0 radical (unpaired) electrons. The zero-order valence-electron chi connectivity index (χ0n) is 11.6. The molecule has 0 aliphatic heterocycles. The van der Waals surface area contributed by atoms with Gasteiger partial charge in [0.2, 0.25) is 5.82 Å². The molecule has 108 valence electrons. The maximum atomic E-state index is 11.1. The molecule has 0 spiro atoms. The van der Waals surface area contributed by atoms with Gasteiger partial charge in [0.15, 0.2) is 0 Å². The molecule has 0 fully saturated rings. The largest absolute Gasteiger partial charge is 0.364 e. The van der Waals surface area contributed by atoms with Crippen LogP contribution in [0.15, 0.2) is 18.7 Å². The molecule has 20 heavy (non-hydrogen) atoms. The van der Waals surface area contributed by atoms with Gasteiger partial charge in [-0.1, -0.05) is 0 Å². The molecule has 2 rings (SSSR count). The Bertz CT molecular complexity index is 575. The highest BCUT2D eigenvalue weighted by Crippen LogP contribution is 2.27. The second kappa shape index (κ2) is 6.18. The van der Waals surface area contributed by atoms with E-state index < -0.39 is 0 Å². The summed E-state index contributed by atoms with van der Waals surface area (Å²) in [5, 5.41) is 18.4. The minimum absolute atomic E-state index is 0.0643. The van der Waals surface area contributed by atoms with E-state index in [9.17, 15) is 10.1 Å². The third kappa shape index (κ3) is 2.95. The normalized spacial score (nSPS) is 10.7. The predicted molar refractivity (Wildman–Crippen MR) is 74.6 cm³/mol. The summed E-state index contributed by atoms with van der Waals surface area (Å²) in [7, 11) is 0. The molecule has 0 unspecified atom stereocenters. The number of nitrogens with zero attached hydrogens (tertiary/aromatic N) is 5. The van der Waals surface area contributed by atoms with Crippen molar-refractivity contribution in [1.82, 2.24) is 19.3 Å². The van der Waals surface area contributed by atoms with Crippen molar-refractivity contribution in [3.63, 3.8) is 0 Å². The van der Waals surface area contributed by atoms with Gasteiger partial charge in [0.25, 0.3) is 0 Å². The zero-order chi connectivity index (χ0) is 14.5. The topological polar surface area (TPSA) is 90.8 Å². The van der Waals surface area contributed by atoms with Crippen LogP contribution < -0.4 is 5.32 Å². The molecule has 2 aromatic rings. The minimum Gasteiger partial charge on any atom is -0.364 e. The zero-order valence-corrected chi connectivity index (χ0v) is 11.6. The molecule has 0 saturated heterocycles. The van der Waals surface area contributed by atoms with Crippen molar-refractivity contribution in [2.24, 2.45) is 0 Å². The van der Waals surface area contributed by atoms with Crippen LogP contribution in [0.1, 0.15) is 19.0 Å². The van der Waals surface area contributed by atoms with Crippen LogP contribution in [0, 0.1) is 17.0 Å². The molecule has 2 heterocycles. The van der Waals surface area contributed by atoms with Gasteiger partial charge in [-0.3, -0.25) is 10.1 Å². The van der Waals surface area contributed by atoms with Crippen LogP contribution in [0.2, 0.25) is 0 Å². The molecule has 0 bridgehead atoms. The van der Waals surface area contributed by atoms with Crippen molar-refractivity contribution < 1.29 is 4.92 Å². The number of hydrogen-bond acceptors (Lipinski definition) is 5. The highest BCUT2D eigenvalue weighted by atomic mass is 16.6. The van der Waals surface area contributed by atoms with Crippen LogP contribution in [0.4, 0.5) is 11.5 Å². The highest BCUT2D eigenvalue weighted by molar-refractivity contribution is 5.59. The standard InChI is InChI=1S/C12H18N6O2/c1-3-17-12(11(18(19)20)10(2)15-17)14-5-4-7-16-8-6-13-9-16/h6,8-9,14H,3-5,7H2,1-2H3. The third-order valence-corrected chi connectivity index (χ3v) is 3.02. The van der Waals surface area contributed by atoms with Gasteiger partial charge in [0.05, 0.1) is 11.3 Å². The number of imidazole rings is 1. The van der Waals surface area contributed by atoms with Crippen molar-refractivity contribution in [2.45, 2.75) is 33.4 Å². The number of anilines is 1. The van der Waals surface area contributed by atoms with Crippen molar-refractivity contribution in [2.75, 3.05) is 11.9 Å². The van der Waals surface area contributed by atoms with Crippen molar-refractivity contribution in [3.8, 4) is 0 Å². The van der Waals surface area contributed by atoms with E-state index in [1.54, 1.807) is 24.1 Å². The van der Waals surface area contributed by atoms with Crippen molar-refractivity contribution >= 4 is 11.5 Å². The van der Waals surface area contributed by atoms with Crippen LogP contribution >= 0.6 is 0 Å². The lowest BCUT2D eigenvalue weighted by atomic mass is 10.3. The van der Waals surface area contributed by atoms with Gasteiger partial charge in [0, 0.05) is 32.0 Å². The maximum absolute atomic E-state index is 11.1. The first kappa shape index (κ1) is 14.0. The fourth-order valence-electron chi connectivity index (χ4n) is 2.08. The van der Waals surface area contributed by atoms with Gasteiger partial charge in [0.1, 0.15) is 5.69 Å². The summed E-state index contributed by atoms with van der Waals surface area (Å²) < 4.78 is 3.60. The summed E-state index contributed by atoms with van der Waals surface area (Å²) in [6.07, 6.45) is 6.22. The summed E-state index contributed by atoms with van der Waals surface area (Å²) in [4.78, 5) is 14.7. The predicted octanol–water partition coefficient (Wildman–Crippen LogP) is 1.82.